The van der Waals surface area contributed by atoms with E-state index in [2.05, 4.69) is 0 Å². The molecule has 3 heteroatoms. The molecule has 0 saturated heterocycles. The Kier molecular flexibility index (Phi) is 1.73. The molecule has 1 aromatic rings. The molecule has 0 spiro atoms. The first-order valence-corrected chi connectivity index (χ1v) is 4.42. The summed E-state index contributed by atoms with van der Waals surface area (Å²) in [7, 11) is 0. The van der Waals surface area contributed by atoms with Gasteiger partial charge >= 0.3 is 0 Å². The van der Waals surface area contributed by atoms with Crippen LogP contribution >= 0.6 is 11.8 Å². The highest BCUT2D eigenvalue weighted by Gasteiger charge is 2.23. The molecule has 60 valence electrons. The van der Waals surface area contributed by atoms with Crippen molar-refractivity contribution in [2.75, 3.05) is 0 Å². The lowest BCUT2D eigenvalue weighted by Gasteiger charge is -2.11. The van der Waals surface area contributed by atoms with Gasteiger partial charge in [0.1, 0.15) is 0 Å². The molecule has 0 fully saturated rings. The average molecular weight is 178 g/mol. The van der Waals surface area contributed by atoms with E-state index in [-0.39, 0.29) is 17.3 Å². The predicted octanol–water partition coefficient (Wildman–Crippen LogP) is 1.43. The summed E-state index contributed by atoms with van der Waals surface area (Å²) >= 11 is 1.03. The lowest BCUT2D eigenvalue weighted by molar-refractivity contribution is -0.131. The highest BCUT2D eigenvalue weighted by Crippen LogP contribution is 2.28. The van der Waals surface area contributed by atoms with Crippen molar-refractivity contribution >= 4 is 22.7 Å². The van der Waals surface area contributed by atoms with Gasteiger partial charge in [-0.15, -0.1) is 0 Å². The summed E-state index contributed by atoms with van der Waals surface area (Å²) in [6.07, 6.45) is 0.266. The maximum Gasteiger partial charge on any atom is 0.260 e. The molecule has 1 heterocycles. The van der Waals surface area contributed by atoms with Crippen LogP contribution in [0.5, 0.6) is 0 Å². The van der Waals surface area contributed by atoms with E-state index < -0.39 is 0 Å². The Morgan fingerprint density at radius 2 is 1.92 bits per heavy atom. The van der Waals surface area contributed by atoms with Crippen LogP contribution < -0.4 is 0 Å². The number of fused-ring (bicyclic) bond motifs is 1. The van der Waals surface area contributed by atoms with E-state index in [0.717, 1.165) is 22.2 Å². The van der Waals surface area contributed by atoms with Crippen LogP contribution in [0, 0.1) is 0 Å². The first-order valence-electron chi connectivity index (χ1n) is 3.60. The van der Waals surface area contributed by atoms with Crippen LogP contribution in [0.4, 0.5) is 0 Å². The average Bonchev–Trinajstić information content (AvgIpc) is 2.07. The summed E-state index contributed by atoms with van der Waals surface area (Å²) in [4.78, 5) is 22.9. The van der Waals surface area contributed by atoms with Gasteiger partial charge in [-0.2, -0.15) is 0 Å². The van der Waals surface area contributed by atoms with Gasteiger partial charge in [0.15, 0.2) is 0 Å². The van der Waals surface area contributed by atoms with Crippen molar-refractivity contribution in [1.29, 1.82) is 0 Å². The number of benzene rings is 1. The molecule has 0 aliphatic carbocycles. The van der Waals surface area contributed by atoms with Crippen LogP contribution in [-0.2, 0) is 16.0 Å². The minimum absolute atomic E-state index is 0.266. The van der Waals surface area contributed by atoms with E-state index in [1.807, 2.05) is 24.3 Å². The Morgan fingerprint density at radius 3 is 2.75 bits per heavy atom. The molecule has 0 unspecified atom stereocenters. The summed E-state index contributed by atoms with van der Waals surface area (Å²) in [5.74, 6) is -0.293. The Morgan fingerprint density at radius 1 is 1.17 bits per heavy atom. The minimum atomic E-state index is -0.339. The fourth-order valence-electron chi connectivity index (χ4n) is 1.15. The Bertz CT molecular complexity index is 322. The second-order valence-corrected chi connectivity index (χ2v) is 3.61. The molecular formula is C9H6O2S. The number of carbonyl (C=O) groups is 2. The number of hydrogen-bond donors (Lipinski definition) is 0. The Hall–Kier alpha value is -1.09. The lowest BCUT2D eigenvalue weighted by Crippen LogP contribution is -2.17. The van der Waals surface area contributed by atoms with Crippen molar-refractivity contribution in [2.45, 2.75) is 11.3 Å². The fourth-order valence-corrected chi connectivity index (χ4v) is 1.96. The number of rotatable bonds is 0. The van der Waals surface area contributed by atoms with Gasteiger partial charge < -0.3 is 0 Å². The molecule has 0 N–H and O–H groups in total. The first kappa shape index (κ1) is 7.55. The monoisotopic (exact) mass is 178 g/mol. The van der Waals surface area contributed by atoms with Crippen molar-refractivity contribution in [3.63, 3.8) is 0 Å². The summed E-state index contributed by atoms with van der Waals surface area (Å²) in [6, 6.07) is 7.49. The van der Waals surface area contributed by atoms with Crippen molar-refractivity contribution < 1.29 is 9.59 Å². The zero-order valence-corrected chi connectivity index (χ0v) is 7.06. The van der Waals surface area contributed by atoms with Gasteiger partial charge in [-0.3, -0.25) is 9.59 Å². The number of ketones is 1. The molecule has 0 amide bonds. The molecule has 2 rings (SSSR count). The second kappa shape index (κ2) is 2.75. The third-order valence-corrected chi connectivity index (χ3v) is 2.79. The number of Topliss-reactive ketones (excluding diaryl/α,β-unsaturated/α-hetero) is 1. The van der Waals surface area contributed by atoms with Crippen molar-refractivity contribution in [1.82, 2.24) is 0 Å². The van der Waals surface area contributed by atoms with E-state index in [1.165, 1.54) is 0 Å². The van der Waals surface area contributed by atoms with Crippen LogP contribution in [0.3, 0.4) is 0 Å². The van der Waals surface area contributed by atoms with Crippen molar-refractivity contribution in [2.24, 2.45) is 0 Å². The number of hydrogen-bond acceptors (Lipinski definition) is 3. The molecule has 0 aromatic heterocycles. The molecule has 0 saturated carbocycles. The lowest BCUT2D eigenvalue weighted by atomic mass is 10.1. The van der Waals surface area contributed by atoms with Crippen molar-refractivity contribution in [3.8, 4) is 0 Å². The number of thioether (sulfide) groups is 1. The van der Waals surface area contributed by atoms with Gasteiger partial charge in [0.25, 0.3) is 5.12 Å². The molecule has 1 aliphatic rings. The van der Waals surface area contributed by atoms with Crippen LogP contribution in [0.15, 0.2) is 29.2 Å². The topological polar surface area (TPSA) is 34.1 Å². The SMILES string of the molecule is O=C1Cc2ccccc2SC1=O. The van der Waals surface area contributed by atoms with Crippen LogP contribution in [0.2, 0.25) is 0 Å². The Balaban J connectivity index is 2.47. The van der Waals surface area contributed by atoms with Gasteiger partial charge in [-0.05, 0) is 23.4 Å². The van der Waals surface area contributed by atoms with Crippen LogP contribution in [0.1, 0.15) is 5.56 Å². The third kappa shape index (κ3) is 1.16. The normalized spacial score (nSPS) is 16.0. The molecule has 0 atom stereocenters. The van der Waals surface area contributed by atoms with Gasteiger partial charge in [-0.25, -0.2) is 0 Å². The summed E-state index contributed by atoms with van der Waals surface area (Å²) in [6.45, 7) is 0. The quantitative estimate of drug-likeness (QED) is 0.563. The van der Waals surface area contributed by atoms with Crippen molar-refractivity contribution in [3.05, 3.63) is 29.8 Å². The summed E-state index contributed by atoms with van der Waals surface area (Å²) < 4.78 is 0. The van der Waals surface area contributed by atoms with Gasteiger partial charge in [0.2, 0.25) is 5.78 Å². The van der Waals surface area contributed by atoms with E-state index >= 15 is 0 Å². The van der Waals surface area contributed by atoms with E-state index in [9.17, 15) is 9.59 Å². The molecular weight excluding hydrogens is 172 g/mol. The summed E-state index contributed by atoms with van der Waals surface area (Å²) in [5.41, 5.74) is 0.965. The van der Waals surface area contributed by atoms with Gasteiger partial charge in [-0.1, -0.05) is 18.2 Å². The molecule has 1 aromatic carbocycles. The zero-order chi connectivity index (χ0) is 8.55. The predicted molar refractivity (Wildman–Crippen MR) is 46.0 cm³/mol. The standard InChI is InChI=1S/C9H6O2S/c10-7-5-6-3-1-2-4-8(6)12-9(7)11/h1-4H,5H2. The molecule has 2 nitrogen and oxygen atoms in total. The highest BCUT2D eigenvalue weighted by atomic mass is 32.2. The third-order valence-electron chi connectivity index (χ3n) is 1.75. The Labute approximate surface area is 74.0 Å². The maximum absolute atomic E-state index is 11.0. The van der Waals surface area contributed by atoms with E-state index in [0.29, 0.717) is 0 Å². The largest absolute Gasteiger partial charge is 0.289 e. The first-order chi connectivity index (χ1) is 5.77. The number of carbonyl (C=O) groups excluding carboxylic acids is 2. The van der Waals surface area contributed by atoms with Crippen LogP contribution in [-0.4, -0.2) is 10.9 Å². The highest BCUT2D eigenvalue weighted by molar-refractivity contribution is 8.15. The van der Waals surface area contributed by atoms with E-state index in [1.54, 1.807) is 0 Å². The van der Waals surface area contributed by atoms with Gasteiger partial charge in [0, 0.05) is 11.3 Å². The fraction of sp³-hybridized carbons (Fsp3) is 0.111. The summed E-state index contributed by atoms with van der Waals surface area (Å²) in [5, 5.41) is -0.339. The molecule has 0 radical (unpaired) electrons. The molecule has 0 bridgehead atoms. The minimum Gasteiger partial charge on any atom is -0.289 e. The van der Waals surface area contributed by atoms with Crippen LogP contribution in [0.25, 0.3) is 0 Å². The maximum atomic E-state index is 11.0. The smallest absolute Gasteiger partial charge is 0.260 e. The van der Waals surface area contributed by atoms with Gasteiger partial charge in [0.05, 0.1) is 0 Å². The molecule has 12 heavy (non-hydrogen) atoms. The zero-order valence-electron chi connectivity index (χ0n) is 6.24. The second-order valence-electron chi connectivity index (χ2n) is 2.60. The molecule has 1 aliphatic heterocycles. The van der Waals surface area contributed by atoms with E-state index in [4.69, 9.17) is 0 Å².